The lowest BCUT2D eigenvalue weighted by atomic mass is 9.95. The average Bonchev–Trinajstić information content (AvgIpc) is 2.84. The molecule has 0 aliphatic carbocycles. The quantitative estimate of drug-likeness (QED) is 0.201. The molecular formula is C26H34N2O8S. The number of amides is 1. The Hall–Kier alpha value is -3.47. The van der Waals surface area contributed by atoms with Crippen LogP contribution in [0.5, 0.6) is 0 Å². The van der Waals surface area contributed by atoms with Crippen LogP contribution in [0.15, 0.2) is 47.6 Å². The van der Waals surface area contributed by atoms with E-state index in [-0.39, 0.29) is 25.2 Å². The Morgan fingerprint density at radius 3 is 2.46 bits per heavy atom. The third kappa shape index (κ3) is 9.83. The molecule has 2 rings (SSSR count). The minimum Gasteiger partial charge on any atom is -0.480 e. The van der Waals surface area contributed by atoms with Gasteiger partial charge < -0.3 is 20.0 Å². The van der Waals surface area contributed by atoms with Gasteiger partial charge in [-0.05, 0) is 29.2 Å². The zero-order chi connectivity index (χ0) is 27.4. The van der Waals surface area contributed by atoms with Crippen molar-refractivity contribution in [2.75, 3.05) is 25.2 Å². The number of benzene rings is 2. The van der Waals surface area contributed by atoms with Gasteiger partial charge in [0.05, 0.1) is 17.4 Å². The fourth-order valence-electron chi connectivity index (χ4n) is 3.95. The number of carbonyl (C=O) groups is 3. The Bertz CT molecular complexity index is 1220. The number of esters is 1. The summed E-state index contributed by atoms with van der Waals surface area (Å²) >= 11 is 0. The van der Waals surface area contributed by atoms with E-state index in [1.807, 2.05) is 49.4 Å². The van der Waals surface area contributed by atoms with E-state index in [0.29, 0.717) is 6.42 Å². The van der Waals surface area contributed by atoms with Crippen molar-refractivity contribution in [3.05, 3.63) is 48.0 Å². The van der Waals surface area contributed by atoms with E-state index in [2.05, 4.69) is 15.3 Å². The highest BCUT2D eigenvalue weighted by molar-refractivity contribution is 7.92. The standard InChI is InChI=1S/C26H34N2O8S/c1-4-5-13-24(26(31)32)27-25(30)21(14-20-11-8-10-19-9-6-7-12-23(19)20)16-37(33,34)17-22(28-35-3)15-36-18(2)29/h6-12,21,24H,4-5,13-17H2,1-3H3,(H,27,30)(H,31,32)/t21-,24+/m1/s1. The third-order valence-corrected chi connectivity index (χ3v) is 7.37. The second kappa shape index (κ2) is 14.3. The normalized spacial score (nSPS) is 13.5. The first-order valence-electron chi connectivity index (χ1n) is 12.0. The number of rotatable bonds is 15. The molecule has 1 amide bonds. The van der Waals surface area contributed by atoms with Gasteiger partial charge >= 0.3 is 11.9 Å². The van der Waals surface area contributed by atoms with Crippen LogP contribution >= 0.6 is 0 Å². The molecular weight excluding hydrogens is 500 g/mol. The van der Waals surface area contributed by atoms with Crippen molar-refractivity contribution in [1.29, 1.82) is 0 Å². The predicted octanol–water partition coefficient (Wildman–Crippen LogP) is 2.74. The number of sulfone groups is 1. The van der Waals surface area contributed by atoms with E-state index in [1.165, 1.54) is 14.0 Å². The van der Waals surface area contributed by atoms with Gasteiger partial charge in [0.1, 0.15) is 25.5 Å². The summed E-state index contributed by atoms with van der Waals surface area (Å²) < 4.78 is 31.2. The molecule has 2 atom stereocenters. The van der Waals surface area contributed by atoms with Crippen molar-refractivity contribution in [2.45, 2.75) is 45.6 Å². The van der Waals surface area contributed by atoms with Crippen LogP contribution < -0.4 is 5.32 Å². The van der Waals surface area contributed by atoms with E-state index < -0.39 is 51.1 Å². The number of unbranched alkanes of at least 4 members (excludes halogenated alkanes) is 1. The number of fused-ring (bicyclic) bond motifs is 1. The molecule has 2 aromatic carbocycles. The Morgan fingerprint density at radius 1 is 1.11 bits per heavy atom. The highest BCUT2D eigenvalue weighted by atomic mass is 32.2. The van der Waals surface area contributed by atoms with E-state index in [0.717, 1.165) is 22.8 Å². The van der Waals surface area contributed by atoms with Gasteiger partial charge in [0.15, 0.2) is 9.84 Å². The van der Waals surface area contributed by atoms with Crippen LogP contribution in [0.3, 0.4) is 0 Å². The maximum absolute atomic E-state index is 13.3. The summed E-state index contributed by atoms with van der Waals surface area (Å²) in [7, 11) is -2.72. The lowest BCUT2D eigenvalue weighted by Gasteiger charge is -2.21. The highest BCUT2D eigenvalue weighted by Gasteiger charge is 2.30. The topological polar surface area (TPSA) is 148 Å². The van der Waals surface area contributed by atoms with E-state index in [4.69, 9.17) is 4.74 Å². The molecule has 0 aromatic heterocycles. The van der Waals surface area contributed by atoms with E-state index >= 15 is 0 Å². The fraction of sp³-hybridized carbons (Fsp3) is 0.462. The van der Waals surface area contributed by atoms with Crippen LogP contribution in [0.4, 0.5) is 0 Å². The summed E-state index contributed by atoms with van der Waals surface area (Å²) in [5.41, 5.74) is 0.730. The lowest BCUT2D eigenvalue weighted by molar-refractivity contribution is -0.142. The SMILES string of the molecule is CCCC[C@H](NC(=O)[C@H](Cc1cccc2ccccc12)CS(=O)(=O)CC(COC(C)=O)=NOC)C(=O)O. The van der Waals surface area contributed by atoms with Crippen LogP contribution in [-0.4, -0.2) is 68.3 Å². The number of nitrogens with zero attached hydrogens (tertiary/aromatic N) is 1. The number of carboxylic acid groups (broad SMARTS) is 1. The number of nitrogens with one attached hydrogen (secondary N) is 1. The van der Waals surface area contributed by atoms with Crippen LogP contribution in [0, 0.1) is 5.92 Å². The smallest absolute Gasteiger partial charge is 0.326 e. The van der Waals surface area contributed by atoms with Crippen LogP contribution in [-0.2, 0) is 40.2 Å². The molecule has 2 N–H and O–H groups in total. The molecule has 0 bridgehead atoms. The van der Waals surface area contributed by atoms with Gasteiger partial charge in [0.2, 0.25) is 5.91 Å². The number of hydrogen-bond donors (Lipinski definition) is 2. The molecule has 10 nitrogen and oxygen atoms in total. The third-order valence-electron chi connectivity index (χ3n) is 5.68. The Labute approximate surface area is 216 Å². The minimum atomic E-state index is -3.95. The Morgan fingerprint density at radius 2 is 1.81 bits per heavy atom. The van der Waals surface area contributed by atoms with Crippen molar-refractivity contribution in [2.24, 2.45) is 11.1 Å². The van der Waals surface area contributed by atoms with Crippen LogP contribution in [0.2, 0.25) is 0 Å². The Balaban J connectivity index is 2.35. The minimum absolute atomic E-state index is 0.0339. The van der Waals surface area contributed by atoms with Gasteiger partial charge in [-0.2, -0.15) is 0 Å². The molecule has 0 unspecified atom stereocenters. The molecule has 0 fully saturated rings. The number of oxime groups is 1. The maximum Gasteiger partial charge on any atom is 0.326 e. The molecule has 0 spiro atoms. The predicted molar refractivity (Wildman–Crippen MR) is 140 cm³/mol. The summed E-state index contributed by atoms with van der Waals surface area (Å²) in [4.78, 5) is 40.9. The van der Waals surface area contributed by atoms with Gasteiger partial charge in [-0.3, -0.25) is 9.59 Å². The van der Waals surface area contributed by atoms with Crippen LogP contribution in [0.25, 0.3) is 10.8 Å². The molecule has 2 aromatic rings. The molecule has 0 saturated heterocycles. The number of hydrogen-bond acceptors (Lipinski definition) is 8. The van der Waals surface area contributed by atoms with E-state index in [1.54, 1.807) is 0 Å². The largest absolute Gasteiger partial charge is 0.480 e. The van der Waals surface area contributed by atoms with Crippen molar-refractivity contribution in [3.63, 3.8) is 0 Å². The molecule has 0 aliphatic rings. The summed E-state index contributed by atoms with van der Waals surface area (Å²) in [6, 6.07) is 12.0. The molecule has 11 heteroatoms. The lowest BCUT2D eigenvalue weighted by Crippen LogP contribution is -2.46. The molecule has 202 valence electrons. The number of ether oxygens (including phenoxy) is 1. The second-order valence-electron chi connectivity index (χ2n) is 8.76. The van der Waals surface area contributed by atoms with Crippen molar-refractivity contribution < 1.29 is 37.5 Å². The molecule has 0 saturated carbocycles. The summed E-state index contributed by atoms with van der Waals surface area (Å²) in [5.74, 6) is -4.68. The van der Waals surface area contributed by atoms with Crippen molar-refractivity contribution in [1.82, 2.24) is 5.32 Å². The zero-order valence-electron chi connectivity index (χ0n) is 21.3. The first-order chi connectivity index (χ1) is 17.6. The molecule has 0 radical (unpaired) electrons. The van der Waals surface area contributed by atoms with E-state index in [9.17, 15) is 27.9 Å². The van der Waals surface area contributed by atoms with Gasteiger partial charge in [-0.15, -0.1) is 0 Å². The van der Waals surface area contributed by atoms with Crippen molar-refractivity contribution in [3.8, 4) is 0 Å². The zero-order valence-corrected chi connectivity index (χ0v) is 22.1. The Kier molecular flexibility index (Phi) is 11.5. The summed E-state index contributed by atoms with van der Waals surface area (Å²) in [6.45, 7) is 2.72. The van der Waals surface area contributed by atoms with Gasteiger partial charge in [-0.25, -0.2) is 13.2 Å². The molecule has 0 heterocycles. The molecule has 0 aliphatic heterocycles. The van der Waals surface area contributed by atoms with Crippen LogP contribution in [0.1, 0.15) is 38.7 Å². The fourth-order valence-corrected chi connectivity index (χ4v) is 5.59. The molecule has 37 heavy (non-hydrogen) atoms. The second-order valence-corrected chi connectivity index (χ2v) is 10.9. The van der Waals surface area contributed by atoms with Gasteiger partial charge in [0, 0.05) is 6.92 Å². The first kappa shape index (κ1) is 29.8. The highest BCUT2D eigenvalue weighted by Crippen LogP contribution is 2.23. The first-order valence-corrected chi connectivity index (χ1v) is 13.8. The van der Waals surface area contributed by atoms with Gasteiger partial charge in [0.25, 0.3) is 0 Å². The van der Waals surface area contributed by atoms with Crippen molar-refractivity contribution >= 4 is 44.2 Å². The summed E-state index contributed by atoms with van der Waals surface area (Å²) in [5, 5.41) is 17.6. The van der Waals surface area contributed by atoms with Gasteiger partial charge in [-0.1, -0.05) is 67.4 Å². The number of carbonyl (C=O) groups excluding carboxylic acids is 2. The summed E-state index contributed by atoms with van der Waals surface area (Å²) in [6.07, 6.45) is 1.65. The monoisotopic (exact) mass is 534 g/mol. The number of carboxylic acids is 1. The maximum atomic E-state index is 13.3. The number of aliphatic carboxylic acids is 1. The average molecular weight is 535 g/mol.